The van der Waals surface area contributed by atoms with Crippen LogP contribution < -0.4 is 4.74 Å². The Balaban J connectivity index is 2.07. The third-order valence-corrected chi connectivity index (χ3v) is 2.54. The second kappa shape index (κ2) is 5.83. The lowest BCUT2D eigenvalue weighted by Gasteiger charge is -2.07. The van der Waals surface area contributed by atoms with Crippen LogP contribution in [-0.4, -0.2) is 32.4 Å². The molecule has 0 saturated heterocycles. The van der Waals surface area contributed by atoms with E-state index in [1.165, 1.54) is 6.07 Å². The Morgan fingerprint density at radius 1 is 1.50 bits per heavy atom. The van der Waals surface area contributed by atoms with Gasteiger partial charge in [0.15, 0.2) is 0 Å². The molecule has 0 saturated carbocycles. The molecule has 2 rings (SSSR count). The van der Waals surface area contributed by atoms with E-state index in [1.54, 1.807) is 23.1 Å². The molecule has 8 heteroatoms. The molecule has 0 fully saturated rings. The minimum atomic E-state index is -1.37. The van der Waals surface area contributed by atoms with Crippen LogP contribution in [0.2, 0.25) is 0 Å². The van der Waals surface area contributed by atoms with Gasteiger partial charge < -0.3 is 9.84 Å². The van der Waals surface area contributed by atoms with Crippen LogP contribution in [0.15, 0.2) is 36.7 Å². The number of aromatic carboxylic acids is 1. The fraction of sp³-hybridized carbons (Fsp3) is 0.167. The van der Waals surface area contributed by atoms with Crippen molar-refractivity contribution in [1.82, 2.24) is 9.78 Å². The lowest BCUT2D eigenvalue weighted by molar-refractivity contribution is -0.385. The Morgan fingerprint density at radius 3 is 2.90 bits per heavy atom. The van der Waals surface area contributed by atoms with E-state index in [0.29, 0.717) is 6.54 Å². The molecule has 0 bridgehead atoms. The molecule has 2 aromatic rings. The Bertz CT molecular complexity index is 624. The van der Waals surface area contributed by atoms with Gasteiger partial charge in [-0.3, -0.25) is 14.8 Å². The summed E-state index contributed by atoms with van der Waals surface area (Å²) in [4.78, 5) is 20.9. The zero-order chi connectivity index (χ0) is 14.5. The van der Waals surface area contributed by atoms with Crippen molar-refractivity contribution >= 4 is 11.7 Å². The number of nitro groups is 1. The number of benzene rings is 1. The normalized spacial score (nSPS) is 10.2. The number of hydrogen-bond donors (Lipinski definition) is 1. The standard InChI is InChI=1S/C12H11N3O5/c16-12(17)10-8-9(2-3-11(10)15(18)19)20-7-6-14-5-1-4-13-14/h1-5,8H,6-7H2,(H,16,17). The Kier molecular flexibility index (Phi) is 3.94. The van der Waals surface area contributed by atoms with E-state index in [9.17, 15) is 14.9 Å². The molecule has 8 nitrogen and oxygen atoms in total. The summed E-state index contributed by atoms with van der Waals surface area (Å²) in [5.74, 6) is -1.10. The second-order valence-electron chi connectivity index (χ2n) is 3.86. The summed E-state index contributed by atoms with van der Waals surface area (Å²) in [6.45, 7) is 0.769. The lowest BCUT2D eigenvalue weighted by Crippen LogP contribution is -2.09. The Labute approximate surface area is 113 Å². The maximum absolute atomic E-state index is 11.0. The van der Waals surface area contributed by atoms with Gasteiger partial charge in [0.2, 0.25) is 0 Å². The molecular weight excluding hydrogens is 266 g/mol. The van der Waals surface area contributed by atoms with Crippen molar-refractivity contribution in [3.05, 3.63) is 52.3 Å². The minimum absolute atomic E-state index is 0.264. The number of rotatable bonds is 6. The molecule has 0 aliphatic heterocycles. The highest BCUT2D eigenvalue weighted by atomic mass is 16.6. The van der Waals surface area contributed by atoms with E-state index >= 15 is 0 Å². The fourth-order valence-corrected chi connectivity index (χ4v) is 1.63. The van der Waals surface area contributed by atoms with Gasteiger partial charge in [0.05, 0.1) is 11.5 Å². The summed E-state index contributed by atoms with van der Waals surface area (Å²) in [7, 11) is 0. The molecule has 20 heavy (non-hydrogen) atoms. The summed E-state index contributed by atoms with van der Waals surface area (Å²) < 4.78 is 7.01. The molecule has 0 aliphatic carbocycles. The zero-order valence-electron chi connectivity index (χ0n) is 10.3. The van der Waals surface area contributed by atoms with E-state index in [2.05, 4.69) is 5.10 Å². The van der Waals surface area contributed by atoms with Gasteiger partial charge in [-0.15, -0.1) is 0 Å². The second-order valence-corrected chi connectivity index (χ2v) is 3.86. The molecule has 0 spiro atoms. The molecule has 1 aromatic heterocycles. The lowest BCUT2D eigenvalue weighted by atomic mass is 10.1. The Morgan fingerprint density at radius 2 is 2.30 bits per heavy atom. The zero-order valence-corrected chi connectivity index (χ0v) is 10.3. The first-order valence-electron chi connectivity index (χ1n) is 5.70. The number of ether oxygens (including phenoxy) is 1. The number of nitrogens with zero attached hydrogens (tertiary/aromatic N) is 3. The van der Waals surface area contributed by atoms with Gasteiger partial charge in [0.1, 0.15) is 17.9 Å². The van der Waals surface area contributed by atoms with Crippen molar-refractivity contribution in [2.24, 2.45) is 0 Å². The van der Waals surface area contributed by atoms with Gasteiger partial charge in [-0.25, -0.2) is 4.79 Å². The van der Waals surface area contributed by atoms with Crippen molar-refractivity contribution in [3.63, 3.8) is 0 Å². The first-order valence-corrected chi connectivity index (χ1v) is 5.70. The van der Waals surface area contributed by atoms with Gasteiger partial charge in [-0.05, 0) is 12.1 Å². The highest BCUT2D eigenvalue weighted by Crippen LogP contribution is 2.24. The number of carboxylic acid groups (broad SMARTS) is 1. The highest BCUT2D eigenvalue weighted by molar-refractivity contribution is 5.92. The van der Waals surface area contributed by atoms with Crippen LogP contribution in [0.3, 0.4) is 0 Å². The van der Waals surface area contributed by atoms with Crippen LogP contribution in [0.4, 0.5) is 5.69 Å². The first-order chi connectivity index (χ1) is 9.58. The summed E-state index contributed by atoms with van der Waals surface area (Å²) in [6, 6.07) is 5.40. The first kappa shape index (κ1) is 13.5. The molecule has 0 atom stereocenters. The number of hydrogen-bond acceptors (Lipinski definition) is 5. The molecule has 104 valence electrons. The maximum atomic E-state index is 11.0. The number of carboxylic acids is 1. The van der Waals surface area contributed by atoms with Crippen molar-refractivity contribution < 1.29 is 19.6 Å². The largest absolute Gasteiger partial charge is 0.492 e. The van der Waals surface area contributed by atoms with Gasteiger partial charge >= 0.3 is 5.97 Å². The molecule has 0 amide bonds. The molecule has 0 radical (unpaired) electrons. The topological polar surface area (TPSA) is 107 Å². The van der Waals surface area contributed by atoms with Gasteiger partial charge in [0.25, 0.3) is 5.69 Å². The predicted molar refractivity (Wildman–Crippen MR) is 67.8 cm³/mol. The summed E-state index contributed by atoms with van der Waals surface area (Å²) in [5.41, 5.74) is -0.858. The molecule has 0 unspecified atom stereocenters. The van der Waals surface area contributed by atoms with Gasteiger partial charge in [0, 0.05) is 24.5 Å². The van der Waals surface area contributed by atoms with E-state index in [-0.39, 0.29) is 12.4 Å². The molecular formula is C12H11N3O5. The summed E-state index contributed by atoms with van der Waals surface area (Å²) in [5, 5.41) is 23.6. The Hall–Kier alpha value is -2.90. The molecule has 1 heterocycles. The van der Waals surface area contributed by atoms with E-state index in [1.807, 2.05) is 0 Å². The van der Waals surface area contributed by atoms with Gasteiger partial charge in [-0.2, -0.15) is 5.10 Å². The smallest absolute Gasteiger partial charge is 0.342 e. The summed E-state index contributed by atoms with van der Waals surface area (Å²) in [6.07, 6.45) is 3.40. The van der Waals surface area contributed by atoms with Gasteiger partial charge in [-0.1, -0.05) is 0 Å². The third-order valence-electron chi connectivity index (χ3n) is 2.54. The molecule has 1 N–H and O–H groups in total. The van der Waals surface area contributed by atoms with Crippen LogP contribution in [0.5, 0.6) is 5.75 Å². The van der Waals surface area contributed by atoms with Crippen LogP contribution in [0.1, 0.15) is 10.4 Å². The number of carbonyl (C=O) groups is 1. The molecule has 1 aromatic carbocycles. The van der Waals surface area contributed by atoms with Crippen LogP contribution in [-0.2, 0) is 6.54 Å². The van der Waals surface area contributed by atoms with Crippen LogP contribution in [0.25, 0.3) is 0 Å². The predicted octanol–water partition coefficient (Wildman–Crippen LogP) is 1.57. The SMILES string of the molecule is O=C(O)c1cc(OCCn2cccn2)ccc1[N+](=O)[O-]. The quantitative estimate of drug-likeness (QED) is 0.634. The average Bonchev–Trinajstić information content (AvgIpc) is 2.91. The summed E-state index contributed by atoms with van der Waals surface area (Å²) >= 11 is 0. The molecule has 0 aliphatic rings. The van der Waals surface area contributed by atoms with Crippen molar-refractivity contribution in [2.75, 3.05) is 6.61 Å². The fourth-order valence-electron chi connectivity index (χ4n) is 1.63. The van der Waals surface area contributed by atoms with E-state index in [4.69, 9.17) is 9.84 Å². The monoisotopic (exact) mass is 277 g/mol. The third kappa shape index (κ3) is 3.10. The number of nitro benzene ring substituents is 1. The van der Waals surface area contributed by atoms with Crippen molar-refractivity contribution in [1.29, 1.82) is 0 Å². The van der Waals surface area contributed by atoms with Crippen LogP contribution >= 0.6 is 0 Å². The highest BCUT2D eigenvalue weighted by Gasteiger charge is 2.20. The minimum Gasteiger partial charge on any atom is -0.492 e. The number of aromatic nitrogens is 2. The van der Waals surface area contributed by atoms with Crippen molar-refractivity contribution in [2.45, 2.75) is 6.54 Å². The maximum Gasteiger partial charge on any atom is 0.342 e. The van der Waals surface area contributed by atoms with E-state index < -0.39 is 22.1 Å². The average molecular weight is 277 g/mol. The van der Waals surface area contributed by atoms with Crippen molar-refractivity contribution in [3.8, 4) is 5.75 Å². The van der Waals surface area contributed by atoms with E-state index in [0.717, 1.165) is 12.1 Å². The van der Waals surface area contributed by atoms with Crippen LogP contribution in [0, 0.1) is 10.1 Å².